The zero-order valence-corrected chi connectivity index (χ0v) is 15.5. The monoisotopic (exact) mass is 370 g/mol. The predicted molar refractivity (Wildman–Crippen MR) is 92.9 cm³/mol. The summed E-state index contributed by atoms with van der Waals surface area (Å²) in [6.45, 7) is 5.81. The van der Waals surface area contributed by atoms with Crippen molar-refractivity contribution in [2.75, 3.05) is 6.61 Å². The van der Waals surface area contributed by atoms with Crippen molar-refractivity contribution in [1.29, 1.82) is 0 Å². The third kappa shape index (κ3) is 5.18. The molecule has 0 spiro atoms. The number of benzene rings is 1. The molecule has 0 amide bonds. The van der Waals surface area contributed by atoms with Crippen LogP contribution in [0.3, 0.4) is 0 Å². The van der Waals surface area contributed by atoms with Crippen molar-refractivity contribution in [2.24, 2.45) is 17.8 Å². The lowest BCUT2D eigenvalue weighted by atomic mass is 9.75. The van der Waals surface area contributed by atoms with Gasteiger partial charge in [0.15, 0.2) is 6.61 Å². The van der Waals surface area contributed by atoms with Crippen LogP contribution in [0, 0.1) is 23.6 Å². The van der Waals surface area contributed by atoms with E-state index >= 15 is 0 Å². The number of esters is 2. The van der Waals surface area contributed by atoms with Crippen molar-refractivity contribution in [2.45, 2.75) is 46.1 Å². The average molecular weight is 371 g/mol. The Morgan fingerprint density at radius 3 is 2.68 bits per heavy atom. The molecule has 0 bridgehead atoms. The van der Waals surface area contributed by atoms with E-state index in [-0.39, 0.29) is 16.7 Å². The molecular formula is C19H24ClFO4. The molecular weight excluding hydrogens is 347 g/mol. The Kier molecular flexibility index (Phi) is 6.82. The van der Waals surface area contributed by atoms with E-state index in [1.54, 1.807) is 0 Å². The zero-order chi connectivity index (χ0) is 18.6. The van der Waals surface area contributed by atoms with Gasteiger partial charge in [0, 0.05) is 0 Å². The molecule has 1 saturated carbocycles. The summed E-state index contributed by atoms with van der Waals surface area (Å²) in [6.07, 6.45) is 2.77. The van der Waals surface area contributed by atoms with E-state index in [9.17, 15) is 14.0 Å². The van der Waals surface area contributed by atoms with Gasteiger partial charge in [-0.25, -0.2) is 14.0 Å². The average Bonchev–Trinajstić information content (AvgIpc) is 2.52. The first-order valence-corrected chi connectivity index (χ1v) is 8.98. The van der Waals surface area contributed by atoms with Crippen molar-refractivity contribution in [3.05, 3.63) is 34.6 Å². The number of halogens is 2. The number of ether oxygens (including phenoxy) is 2. The number of hydrogen-bond acceptors (Lipinski definition) is 4. The number of hydrogen-bond donors (Lipinski definition) is 0. The van der Waals surface area contributed by atoms with Gasteiger partial charge in [0.1, 0.15) is 17.5 Å². The summed E-state index contributed by atoms with van der Waals surface area (Å²) < 4.78 is 24.1. The molecule has 3 atom stereocenters. The minimum atomic E-state index is -0.975. The maximum atomic E-state index is 13.7. The Hall–Kier alpha value is -1.62. The first-order chi connectivity index (χ1) is 11.8. The van der Waals surface area contributed by atoms with Crippen molar-refractivity contribution in [3.63, 3.8) is 0 Å². The minimum absolute atomic E-state index is 0.0562. The van der Waals surface area contributed by atoms with E-state index in [2.05, 4.69) is 20.8 Å². The van der Waals surface area contributed by atoms with Crippen LogP contribution >= 0.6 is 11.6 Å². The van der Waals surface area contributed by atoms with Gasteiger partial charge in [0.25, 0.3) is 0 Å². The second kappa shape index (κ2) is 8.65. The first kappa shape index (κ1) is 19.7. The molecule has 0 aliphatic heterocycles. The van der Waals surface area contributed by atoms with Crippen LogP contribution in [0.25, 0.3) is 0 Å². The van der Waals surface area contributed by atoms with Crippen LogP contribution in [-0.2, 0) is 14.3 Å². The first-order valence-electron chi connectivity index (χ1n) is 8.60. The summed E-state index contributed by atoms with van der Waals surface area (Å²) in [5.74, 6) is -1.18. The Morgan fingerprint density at radius 2 is 2.04 bits per heavy atom. The molecule has 1 aromatic carbocycles. The van der Waals surface area contributed by atoms with Crippen LogP contribution in [-0.4, -0.2) is 24.6 Å². The number of rotatable bonds is 5. The Bertz CT molecular complexity index is 612. The van der Waals surface area contributed by atoms with Gasteiger partial charge in [0.2, 0.25) is 0 Å². The van der Waals surface area contributed by atoms with Crippen LogP contribution in [0.2, 0.25) is 5.02 Å². The molecule has 4 nitrogen and oxygen atoms in total. The van der Waals surface area contributed by atoms with Gasteiger partial charge in [-0.1, -0.05) is 44.9 Å². The maximum Gasteiger partial charge on any atom is 0.344 e. The molecule has 0 heterocycles. The number of carbonyl (C=O) groups is 2. The molecule has 0 radical (unpaired) electrons. The molecule has 6 heteroatoms. The lowest BCUT2D eigenvalue weighted by Crippen LogP contribution is -2.36. The molecule has 138 valence electrons. The third-order valence-electron chi connectivity index (χ3n) is 4.73. The van der Waals surface area contributed by atoms with Gasteiger partial charge >= 0.3 is 11.9 Å². The second-order valence-electron chi connectivity index (χ2n) is 7.03. The van der Waals surface area contributed by atoms with Crippen molar-refractivity contribution in [3.8, 4) is 0 Å². The standard InChI is InChI=1S/C19H24ClFO4/c1-11(2)13-8-7-12(3)9-16(13)25-17(22)10-24-19(23)18-14(20)5-4-6-15(18)21/h4-6,11-13,16H,7-10H2,1-3H3/t12-,13-,16+/m0/s1. The second-order valence-corrected chi connectivity index (χ2v) is 7.43. The fraction of sp³-hybridized carbons (Fsp3) is 0.579. The largest absolute Gasteiger partial charge is 0.460 e. The van der Waals surface area contributed by atoms with Crippen molar-refractivity contribution >= 4 is 23.5 Å². The summed E-state index contributed by atoms with van der Waals surface area (Å²) in [4.78, 5) is 24.0. The molecule has 1 fully saturated rings. The summed E-state index contributed by atoms with van der Waals surface area (Å²) in [5, 5.41) is -0.0562. The Labute approximate surface area is 152 Å². The van der Waals surface area contributed by atoms with Crippen molar-refractivity contribution in [1.82, 2.24) is 0 Å². The van der Waals surface area contributed by atoms with E-state index in [0.717, 1.165) is 25.3 Å². The molecule has 0 unspecified atom stereocenters. The quantitative estimate of drug-likeness (QED) is 0.708. The fourth-order valence-corrected chi connectivity index (χ4v) is 3.58. The molecule has 0 N–H and O–H groups in total. The van der Waals surface area contributed by atoms with Crippen molar-refractivity contribution < 1.29 is 23.5 Å². The lowest BCUT2D eigenvalue weighted by molar-refractivity contribution is -0.159. The van der Waals surface area contributed by atoms with Crippen LogP contribution in [0.5, 0.6) is 0 Å². The maximum absolute atomic E-state index is 13.7. The zero-order valence-electron chi connectivity index (χ0n) is 14.8. The minimum Gasteiger partial charge on any atom is -0.460 e. The van der Waals surface area contributed by atoms with Crippen LogP contribution in [0.4, 0.5) is 4.39 Å². The Balaban J connectivity index is 1.92. The highest BCUT2D eigenvalue weighted by Crippen LogP contribution is 2.35. The summed E-state index contributed by atoms with van der Waals surface area (Å²) >= 11 is 5.81. The van der Waals surface area contributed by atoms with E-state index in [4.69, 9.17) is 21.1 Å². The van der Waals surface area contributed by atoms with E-state index in [0.29, 0.717) is 17.8 Å². The third-order valence-corrected chi connectivity index (χ3v) is 5.05. The lowest BCUT2D eigenvalue weighted by Gasteiger charge is -2.36. The molecule has 0 saturated heterocycles. The topological polar surface area (TPSA) is 52.6 Å². The van der Waals surface area contributed by atoms with Crippen LogP contribution < -0.4 is 0 Å². The highest BCUT2D eigenvalue weighted by Gasteiger charge is 2.33. The van der Waals surface area contributed by atoms with Gasteiger partial charge in [-0.3, -0.25) is 0 Å². The molecule has 1 aromatic rings. The highest BCUT2D eigenvalue weighted by atomic mass is 35.5. The summed E-state index contributed by atoms with van der Waals surface area (Å²) in [7, 11) is 0. The normalized spacial score (nSPS) is 23.4. The number of carbonyl (C=O) groups excluding carboxylic acids is 2. The van der Waals surface area contributed by atoms with Gasteiger partial charge < -0.3 is 9.47 Å². The molecule has 25 heavy (non-hydrogen) atoms. The van der Waals surface area contributed by atoms with Crippen LogP contribution in [0.1, 0.15) is 50.4 Å². The van der Waals surface area contributed by atoms with Gasteiger partial charge in [-0.15, -0.1) is 0 Å². The van der Waals surface area contributed by atoms with E-state index in [1.165, 1.54) is 12.1 Å². The molecule has 1 aliphatic rings. The SMILES string of the molecule is CC(C)[C@@H]1CC[C@H](C)C[C@H]1OC(=O)COC(=O)c1c(F)cccc1Cl. The summed E-state index contributed by atoms with van der Waals surface area (Å²) in [5.41, 5.74) is -0.372. The molecule has 1 aliphatic carbocycles. The fourth-order valence-electron chi connectivity index (χ4n) is 3.34. The summed E-state index contributed by atoms with van der Waals surface area (Å²) in [6, 6.07) is 3.88. The predicted octanol–water partition coefficient (Wildman–Crippen LogP) is 4.64. The van der Waals surface area contributed by atoms with E-state index < -0.39 is 24.4 Å². The Morgan fingerprint density at radius 1 is 1.32 bits per heavy atom. The smallest absolute Gasteiger partial charge is 0.344 e. The van der Waals surface area contributed by atoms with Crippen LogP contribution in [0.15, 0.2) is 18.2 Å². The van der Waals surface area contributed by atoms with E-state index in [1.807, 2.05) is 0 Å². The molecule has 0 aromatic heterocycles. The van der Waals surface area contributed by atoms with Gasteiger partial charge in [-0.2, -0.15) is 0 Å². The van der Waals surface area contributed by atoms with Gasteiger partial charge in [0.05, 0.1) is 5.02 Å². The van der Waals surface area contributed by atoms with Gasteiger partial charge in [-0.05, 0) is 42.7 Å². The molecule has 2 rings (SSSR count). The highest BCUT2D eigenvalue weighted by molar-refractivity contribution is 6.33.